The van der Waals surface area contributed by atoms with Crippen molar-refractivity contribution in [2.75, 3.05) is 25.6 Å². The van der Waals surface area contributed by atoms with Crippen LogP contribution in [0.15, 0.2) is 36.8 Å². The molecule has 1 fully saturated rings. The summed E-state index contributed by atoms with van der Waals surface area (Å²) in [5, 5.41) is 13.2. The number of hydrogen-bond acceptors (Lipinski definition) is 8. The van der Waals surface area contributed by atoms with Gasteiger partial charge in [0.1, 0.15) is 5.65 Å². The maximum Gasteiger partial charge on any atom is 0.228 e. The van der Waals surface area contributed by atoms with Crippen LogP contribution in [0.3, 0.4) is 0 Å². The summed E-state index contributed by atoms with van der Waals surface area (Å²) < 4.78 is 11.3. The number of aliphatic hydroxyl groups is 1. The molecule has 3 N–H and O–H groups in total. The molecule has 0 atom stereocenters. The minimum Gasteiger partial charge on any atom is -0.480 e. The Hall–Kier alpha value is -3.30. The number of aromatic nitrogens is 5. The van der Waals surface area contributed by atoms with Gasteiger partial charge in [-0.15, -0.1) is 0 Å². The molecule has 0 saturated heterocycles. The van der Waals surface area contributed by atoms with E-state index in [1.54, 1.807) is 19.5 Å². The Kier molecular flexibility index (Phi) is 5.83. The largest absolute Gasteiger partial charge is 0.480 e. The highest BCUT2D eigenvalue weighted by Crippen LogP contribution is 2.35. The lowest BCUT2D eigenvalue weighted by Gasteiger charge is -2.29. The van der Waals surface area contributed by atoms with Crippen LogP contribution in [0.2, 0.25) is 0 Å². The van der Waals surface area contributed by atoms with Crippen LogP contribution in [-0.2, 0) is 4.74 Å². The number of anilines is 1. The second-order valence-electron chi connectivity index (χ2n) is 7.95. The van der Waals surface area contributed by atoms with Crippen LogP contribution < -0.4 is 10.1 Å². The fraction of sp³-hybridized carbons (Fsp3) is 0.391. The van der Waals surface area contributed by atoms with E-state index < -0.39 is 0 Å². The monoisotopic (exact) mass is 434 g/mol. The number of rotatable bonds is 7. The van der Waals surface area contributed by atoms with E-state index in [9.17, 15) is 0 Å². The second kappa shape index (κ2) is 9.05. The molecule has 3 aromatic heterocycles. The molecule has 1 aromatic carbocycles. The van der Waals surface area contributed by atoms with Crippen molar-refractivity contribution in [1.82, 2.24) is 24.9 Å². The van der Waals surface area contributed by atoms with Crippen molar-refractivity contribution in [2.45, 2.75) is 37.8 Å². The molecule has 0 unspecified atom stereocenters. The van der Waals surface area contributed by atoms with Gasteiger partial charge in [-0.3, -0.25) is 9.97 Å². The summed E-state index contributed by atoms with van der Waals surface area (Å²) in [6.45, 7) is 0.468. The number of fused-ring (bicyclic) bond motifs is 2. The second-order valence-corrected chi connectivity index (χ2v) is 7.95. The van der Waals surface area contributed by atoms with Crippen molar-refractivity contribution in [3.05, 3.63) is 36.8 Å². The third-order valence-corrected chi connectivity index (χ3v) is 5.92. The number of benzene rings is 1. The summed E-state index contributed by atoms with van der Waals surface area (Å²) in [7, 11) is 1.62. The number of methoxy groups -OCH3 is 1. The molecule has 5 rings (SSSR count). The summed E-state index contributed by atoms with van der Waals surface area (Å²) in [4.78, 5) is 21.4. The third kappa shape index (κ3) is 4.09. The molecule has 0 bridgehead atoms. The maximum atomic E-state index is 8.93. The van der Waals surface area contributed by atoms with Gasteiger partial charge in [-0.05, 0) is 43.4 Å². The van der Waals surface area contributed by atoms with E-state index in [0.717, 1.165) is 53.2 Å². The first-order valence-electron chi connectivity index (χ1n) is 10.9. The van der Waals surface area contributed by atoms with Gasteiger partial charge >= 0.3 is 0 Å². The zero-order valence-corrected chi connectivity index (χ0v) is 17.9. The van der Waals surface area contributed by atoms with Gasteiger partial charge in [-0.25, -0.2) is 0 Å². The quantitative estimate of drug-likeness (QED) is 0.405. The summed E-state index contributed by atoms with van der Waals surface area (Å²) in [5.74, 6) is 1.07. The lowest BCUT2D eigenvalue weighted by atomic mass is 9.93. The zero-order valence-electron chi connectivity index (χ0n) is 17.9. The predicted molar refractivity (Wildman–Crippen MR) is 122 cm³/mol. The van der Waals surface area contributed by atoms with Crippen molar-refractivity contribution in [3.8, 4) is 17.0 Å². The van der Waals surface area contributed by atoms with Gasteiger partial charge in [-0.1, -0.05) is 6.07 Å². The number of nitrogens with zero attached hydrogens (tertiary/aromatic N) is 4. The molecular formula is C23H26N6O3. The van der Waals surface area contributed by atoms with Crippen molar-refractivity contribution >= 4 is 28.0 Å². The minimum atomic E-state index is 0.0660. The summed E-state index contributed by atoms with van der Waals surface area (Å²) in [5.41, 5.74) is 4.34. The van der Waals surface area contributed by atoms with Crippen LogP contribution in [0, 0.1) is 0 Å². The van der Waals surface area contributed by atoms with Crippen LogP contribution in [-0.4, -0.2) is 62.5 Å². The van der Waals surface area contributed by atoms with Crippen LogP contribution in [0.1, 0.15) is 25.7 Å². The van der Waals surface area contributed by atoms with E-state index in [4.69, 9.17) is 19.6 Å². The average Bonchev–Trinajstić information content (AvgIpc) is 3.27. The highest BCUT2D eigenvalue weighted by molar-refractivity contribution is 5.99. The molecule has 1 aliphatic carbocycles. The third-order valence-electron chi connectivity index (χ3n) is 5.92. The molecule has 0 radical (unpaired) electrons. The molecule has 9 nitrogen and oxygen atoms in total. The smallest absolute Gasteiger partial charge is 0.228 e. The van der Waals surface area contributed by atoms with Gasteiger partial charge in [0.25, 0.3) is 0 Å². The average molecular weight is 435 g/mol. The fourth-order valence-corrected chi connectivity index (χ4v) is 4.35. The lowest BCUT2D eigenvalue weighted by molar-refractivity contribution is 0.00719. The Balaban J connectivity index is 1.39. The van der Waals surface area contributed by atoms with E-state index in [-0.39, 0.29) is 18.8 Å². The standard InChI is InChI=1S/C23H26N6O3/c1-31-22-20-17(14-2-7-18-19(12-14)25-9-8-24-18)13-26-21(20)28-23(29-22)27-15-3-5-16(6-4-15)32-11-10-30/h2,7-9,12-13,15-16,30H,3-6,10-11H2,1H3,(H2,26,27,28,29)/t15-,16+. The predicted octanol–water partition coefficient (Wildman–Crippen LogP) is 3.31. The topological polar surface area (TPSA) is 118 Å². The Labute approximate surface area is 185 Å². The number of hydrogen-bond donors (Lipinski definition) is 3. The molecule has 166 valence electrons. The normalized spacial score (nSPS) is 18.8. The SMILES string of the molecule is COc1nc(N[C@H]2CC[C@@H](OCCO)CC2)nc2[nH]cc(-c3ccc4nccnc4c3)c12. The van der Waals surface area contributed by atoms with Crippen LogP contribution >= 0.6 is 0 Å². The number of ether oxygens (including phenoxy) is 2. The van der Waals surface area contributed by atoms with E-state index in [1.807, 2.05) is 24.4 Å². The molecule has 0 spiro atoms. The van der Waals surface area contributed by atoms with Crippen LogP contribution in [0.25, 0.3) is 33.2 Å². The summed E-state index contributed by atoms with van der Waals surface area (Å²) in [6.07, 6.45) is 9.36. The molecule has 9 heteroatoms. The highest BCUT2D eigenvalue weighted by atomic mass is 16.5. The fourth-order valence-electron chi connectivity index (χ4n) is 4.35. The van der Waals surface area contributed by atoms with Gasteiger partial charge in [0.2, 0.25) is 11.8 Å². The zero-order chi connectivity index (χ0) is 21.9. The van der Waals surface area contributed by atoms with Gasteiger partial charge in [0.15, 0.2) is 0 Å². The van der Waals surface area contributed by atoms with Crippen molar-refractivity contribution in [1.29, 1.82) is 0 Å². The first-order valence-corrected chi connectivity index (χ1v) is 10.9. The van der Waals surface area contributed by atoms with Gasteiger partial charge in [0.05, 0.1) is 42.8 Å². The van der Waals surface area contributed by atoms with E-state index in [0.29, 0.717) is 24.1 Å². The lowest BCUT2D eigenvalue weighted by Crippen LogP contribution is -2.30. The highest BCUT2D eigenvalue weighted by Gasteiger charge is 2.23. The molecule has 0 amide bonds. The maximum absolute atomic E-state index is 8.93. The minimum absolute atomic E-state index is 0.0660. The van der Waals surface area contributed by atoms with Crippen LogP contribution in [0.4, 0.5) is 5.95 Å². The van der Waals surface area contributed by atoms with E-state index >= 15 is 0 Å². The Morgan fingerprint density at radius 1 is 1.09 bits per heavy atom. The first-order chi connectivity index (χ1) is 15.7. The molecule has 4 aromatic rings. The first kappa shape index (κ1) is 20.6. The Bertz CT molecular complexity index is 1220. The Morgan fingerprint density at radius 2 is 1.91 bits per heavy atom. The molecule has 32 heavy (non-hydrogen) atoms. The number of aromatic amines is 1. The van der Waals surface area contributed by atoms with Crippen molar-refractivity contribution in [2.24, 2.45) is 0 Å². The molecular weight excluding hydrogens is 408 g/mol. The van der Waals surface area contributed by atoms with Gasteiger partial charge in [0, 0.05) is 30.2 Å². The molecule has 1 aliphatic rings. The summed E-state index contributed by atoms with van der Waals surface area (Å²) >= 11 is 0. The molecule has 0 aliphatic heterocycles. The number of nitrogens with one attached hydrogen (secondary N) is 2. The Morgan fingerprint density at radius 3 is 2.69 bits per heavy atom. The van der Waals surface area contributed by atoms with E-state index in [1.165, 1.54) is 0 Å². The van der Waals surface area contributed by atoms with Gasteiger partial charge in [-0.2, -0.15) is 9.97 Å². The summed E-state index contributed by atoms with van der Waals surface area (Å²) in [6, 6.07) is 6.26. The van der Waals surface area contributed by atoms with Gasteiger partial charge < -0.3 is 24.9 Å². The van der Waals surface area contributed by atoms with Crippen molar-refractivity contribution in [3.63, 3.8) is 0 Å². The van der Waals surface area contributed by atoms with Crippen LogP contribution in [0.5, 0.6) is 5.88 Å². The van der Waals surface area contributed by atoms with Crippen molar-refractivity contribution < 1.29 is 14.6 Å². The molecule has 1 saturated carbocycles. The van der Waals surface area contributed by atoms with E-state index in [2.05, 4.69) is 25.3 Å². The molecule has 3 heterocycles. The number of aliphatic hydroxyl groups excluding tert-OH is 1. The number of H-pyrrole nitrogens is 1.